The monoisotopic (exact) mass is 483 g/mol. The summed E-state index contributed by atoms with van der Waals surface area (Å²) in [6.45, 7) is 4.64. The summed E-state index contributed by atoms with van der Waals surface area (Å²) in [7, 11) is 1.47. The Balaban J connectivity index is 1.74. The zero-order valence-corrected chi connectivity index (χ0v) is 20.4. The maximum absolute atomic E-state index is 13.5. The molecule has 180 valence electrons. The highest BCUT2D eigenvalue weighted by molar-refractivity contribution is 7.10. The Hall–Kier alpha value is -3.10. The molecule has 2 aromatic rings. The van der Waals surface area contributed by atoms with E-state index in [9.17, 15) is 14.7 Å². The average molecular weight is 484 g/mol. The van der Waals surface area contributed by atoms with Gasteiger partial charge in [-0.15, -0.1) is 11.3 Å². The molecule has 0 fully saturated rings. The minimum absolute atomic E-state index is 0.0143. The van der Waals surface area contributed by atoms with Gasteiger partial charge >= 0.3 is 5.97 Å². The number of ether oxygens (including phenoxy) is 3. The number of benzene rings is 1. The molecule has 1 aliphatic carbocycles. The summed E-state index contributed by atoms with van der Waals surface area (Å²) in [6, 6.07) is 9.02. The molecule has 1 aliphatic heterocycles. The van der Waals surface area contributed by atoms with Crippen molar-refractivity contribution in [3.63, 3.8) is 0 Å². The Morgan fingerprint density at radius 1 is 1.24 bits per heavy atom. The summed E-state index contributed by atoms with van der Waals surface area (Å²) in [5.41, 5.74) is 3.01. The number of hydrogen-bond acceptors (Lipinski definition) is 8. The molecule has 2 heterocycles. The van der Waals surface area contributed by atoms with E-state index in [1.54, 1.807) is 29.5 Å². The van der Waals surface area contributed by atoms with Crippen LogP contribution in [0.15, 0.2) is 58.3 Å². The highest BCUT2D eigenvalue weighted by atomic mass is 32.1. The third-order valence-electron chi connectivity index (χ3n) is 6.19. The number of Topliss-reactive ketones (excluding diaryl/α,β-unsaturated/α-hetero) is 1. The molecule has 0 spiro atoms. The van der Waals surface area contributed by atoms with E-state index in [0.29, 0.717) is 54.2 Å². The van der Waals surface area contributed by atoms with Gasteiger partial charge in [0.25, 0.3) is 0 Å². The molecule has 34 heavy (non-hydrogen) atoms. The number of carbonyl (C=O) groups excluding carboxylic acids is 2. The Morgan fingerprint density at radius 2 is 2.06 bits per heavy atom. The molecule has 8 heteroatoms. The third-order valence-corrected chi connectivity index (χ3v) is 7.23. The number of aromatic hydroxyl groups is 1. The van der Waals surface area contributed by atoms with E-state index < -0.39 is 11.9 Å². The Morgan fingerprint density at radius 3 is 2.74 bits per heavy atom. The number of rotatable bonds is 8. The normalized spacial score (nSPS) is 20.1. The molecule has 7 nitrogen and oxygen atoms in total. The Labute approximate surface area is 203 Å². The van der Waals surface area contributed by atoms with Crippen molar-refractivity contribution in [2.45, 2.75) is 38.5 Å². The first kappa shape index (κ1) is 24.0. The van der Waals surface area contributed by atoms with E-state index >= 15 is 0 Å². The van der Waals surface area contributed by atoms with Gasteiger partial charge < -0.3 is 24.6 Å². The van der Waals surface area contributed by atoms with Crippen LogP contribution < -0.4 is 10.1 Å². The van der Waals surface area contributed by atoms with Crippen molar-refractivity contribution in [2.24, 2.45) is 0 Å². The van der Waals surface area contributed by atoms with E-state index in [0.717, 1.165) is 5.70 Å². The first-order valence-corrected chi connectivity index (χ1v) is 12.2. The lowest BCUT2D eigenvalue weighted by Crippen LogP contribution is -2.36. The molecule has 0 radical (unpaired) electrons. The minimum Gasteiger partial charge on any atom is -0.504 e. The molecule has 2 aliphatic rings. The first-order chi connectivity index (χ1) is 16.4. The van der Waals surface area contributed by atoms with Gasteiger partial charge in [-0.2, -0.15) is 0 Å². The van der Waals surface area contributed by atoms with Gasteiger partial charge in [0.05, 0.1) is 19.3 Å². The second kappa shape index (κ2) is 10.4. The number of phenols is 1. The van der Waals surface area contributed by atoms with Crippen LogP contribution in [0.4, 0.5) is 0 Å². The molecule has 0 amide bonds. The number of methoxy groups -OCH3 is 1. The molecule has 0 saturated heterocycles. The highest BCUT2D eigenvalue weighted by Crippen LogP contribution is 2.47. The molecule has 0 unspecified atom stereocenters. The number of dihydropyridines is 1. The molecule has 2 atom stereocenters. The summed E-state index contributed by atoms with van der Waals surface area (Å²) in [6.07, 6.45) is 1.04. The van der Waals surface area contributed by atoms with Gasteiger partial charge in [0.2, 0.25) is 0 Å². The maximum Gasteiger partial charge on any atom is 0.336 e. The fourth-order valence-electron chi connectivity index (χ4n) is 4.67. The SMILES string of the molecule is CCOCCOC(=O)C1=C(C)NC2=C(C(=O)C[C@@H](c3cccs3)C2)[C@@H]1c1ccc(OC)c(O)c1. The van der Waals surface area contributed by atoms with Gasteiger partial charge in [0.1, 0.15) is 6.61 Å². The van der Waals surface area contributed by atoms with Crippen molar-refractivity contribution in [3.05, 3.63) is 68.7 Å². The molecule has 0 bridgehead atoms. The first-order valence-electron chi connectivity index (χ1n) is 11.3. The predicted molar refractivity (Wildman–Crippen MR) is 129 cm³/mol. The fourth-order valence-corrected chi connectivity index (χ4v) is 5.50. The van der Waals surface area contributed by atoms with Crippen LogP contribution in [-0.4, -0.2) is 43.8 Å². The van der Waals surface area contributed by atoms with Crippen LogP contribution in [-0.2, 0) is 19.1 Å². The van der Waals surface area contributed by atoms with Crippen LogP contribution in [0.5, 0.6) is 11.5 Å². The Bertz CT molecular complexity index is 1130. The van der Waals surface area contributed by atoms with Crippen LogP contribution in [0, 0.1) is 0 Å². The van der Waals surface area contributed by atoms with Crippen molar-refractivity contribution in [1.29, 1.82) is 0 Å². The lowest BCUT2D eigenvalue weighted by molar-refractivity contribution is -0.140. The molecule has 4 rings (SSSR count). The van der Waals surface area contributed by atoms with E-state index in [2.05, 4.69) is 11.4 Å². The third kappa shape index (κ3) is 4.74. The maximum atomic E-state index is 13.5. The van der Waals surface area contributed by atoms with Crippen molar-refractivity contribution in [2.75, 3.05) is 26.9 Å². The van der Waals surface area contributed by atoms with Crippen molar-refractivity contribution in [3.8, 4) is 11.5 Å². The number of nitrogens with one attached hydrogen (secondary N) is 1. The van der Waals surface area contributed by atoms with E-state index in [4.69, 9.17) is 14.2 Å². The van der Waals surface area contributed by atoms with Crippen LogP contribution in [0.25, 0.3) is 0 Å². The van der Waals surface area contributed by atoms with Gasteiger partial charge in [0, 0.05) is 46.7 Å². The number of phenolic OH excluding ortho intramolecular Hbond substituents is 1. The average Bonchev–Trinajstić information content (AvgIpc) is 3.36. The number of carbonyl (C=O) groups is 2. The summed E-state index contributed by atoms with van der Waals surface area (Å²) in [5, 5.41) is 15.8. The quantitative estimate of drug-likeness (QED) is 0.424. The minimum atomic E-state index is -0.649. The molecule has 1 aromatic heterocycles. The van der Waals surface area contributed by atoms with Crippen molar-refractivity contribution >= 4 is 23.1 Å². The molecule has 2 N–H and O–H groups in total. The summed E-state index contributed by atoms with van der Waals surface area (Å²) in [5.74, 6) is -0.812. The molecule has 0 saturated carbocycles. The van der Waals surface area contributed by atoms with Crippen molar-refractivity contribution in [1.82, 2.24) is 5.32 Å². The Kier molecular flexibility index (Phi) is 7.38. The van der Waals surface area contributed by atoms with Crippen LogP contribution in [0.3, 0.4) is 0 Å². The number of ketones is 1. The summed E-state index contributed by atoms with van der Waals surface area (Å²) in [4.78, 5) is 27.9. The zero-order chi connectivity index (χ0) is 24.2. The topological polar surface area (TPSA) is 94.1 Å². The van der Waals surface area contributed by atoms with Gasteiger partial charge in [-0.3, -0.25) is 4.79 Å². The smallest absolute Gasteiger partial charge is 0.336 e. The lowest BCUT2D eigenvalue weighted by Gasteiger charge is -2.36. The van der Waals surface area contributed by atoms with E-state index in [1.165, 1.54) is 12.0 Å². The number of hydrogen-bond donors (Lipinski definition) is 2. The van der Waals surface area contributed by atoms with Crippen LogP contribution in [0.1, 0.15) is 49.0 Å². The van der Waals surface area contributed by atoms with Crippen LogP contribution >= 0.6 is 11.3 Å². The second-order valence-corrected chi connectivity index (χ2v) is 9.28. The zero-order valence-electron chi connectivity index (χ0n) is 19.6. The largest absolute Gasteiger partial charge is 0.504 e. The van der Waals surface area contributed by atoms with E-state index in [1.807, 2.05) is 25.3 Å². The number of thiophene rings is 1. The predicted octanol–water partition coefficient (Wildman–Crippen LogP) is 4.40. The van der Waals surface area contributed by atoms with Crippen LogP contribution in [0.2, 0.25) is 0 Å². The fraction of sp³-hybridized carbons (Fsp3) is 0.385. The van der Waals surface area contributed by atoms with Gasteiger partial charge in [-0.25, -0.2) is 4.79 Å². The second-order valence-electron chi connectivity index (χ2n) is 8.30. The lowest BCUT2D eigenvalue weighted by atomic mass is 9.72. The summed E-state index contributed by atoms with van der Waals surface area (Å²) >= 11 is 1.65. The van der Waals surface area contributed by atoms with Gasteiger partial charge in [-0.1, -0.05) is 12.1 Å². The van der Waals surface area contributed by atoms with Gasteiger partial charge in [0.15, 0.2) is 17.3 Å². The van der Waals surface area contributed by atoms with E-state index in [-0.39, 0.29) is 24.1 Å². The molecular formula is C26H29NO6S. The number of esters is 1. The molecule has 1 aromatic carbocycles. The highest BCUT2D eigenvalue weighted by Gasteiger charge is 2.41. The summed E-state index contributed by atoms with van der Waals surface area (Å²) < 4.78 is 16.0. The molecular weight excluding hydrogens is 454 g/mol. The van der Waals surface area contributed by atoms with Crippen molar-refractivity contribution < 1.29 is 28.9 Å². The number of allylic oxidation sites excluding steroid dienone is 3. The van der Waals surface area contributed by atoms with Gasteiger partial charge in [-0.05, 0) is 49.4 Å². The standard InChI is InChI=1S/C26H29NO6S/c1-4-32-9-10-33-26(30)23-15(2)27-18-12-17(22-6-5-11-34-22)14-20(29)25(18)24(23)16-7-8-21(31-3)19(28)13-16/h5-8,11,13,17,24,27-28H,4,9-10,12,14H2,1-3H3/t17-,24+/m0/s1.